The maximum absolute atomic E-state index is 5.41. The summed E-state index contributed by atoms with van der Waals surface area (Å²) in [5.74, 6) is 1.98. The van der Waals surface area contributed by atoms with Crippen LogP contribution < -0.4 is 10.6 Å². The van der Waals surface area contributed by atoms with E-state index in [-0.39, 0.29) is 24.0 Å². The smallest absolute Gasteiger partial charge is 0.191 e. The fourth-order valence-corrected chi connectivity index (χ4v) is 3.66. The summed E-state index contributed by atoms with van der Waals surface area (Å²) in [5.41, 5.74) is 0. The summed E-state index contributed by atoms with van der Waals surface area (Å²) in [7, 11) is 0. The molecule has 0 radical (unpaired) electrons. The van der Waals surface area contributed by atoms with Crippen molar-refractivity contribution in [1.29, 1.82) is 0 Å². The minimum atomic E-state index is 0. The van der Waals surface area contributed by atoms with Crippen LogP contribution in [-0.2, 0) is 11.2 Å². The van der Waals surface area contributed by atoms with Crippen LogP contribution in [0.15, 0.2) is 27.8 Å². The number of ether oxygens (including phenoxy) is 1. The number of nitrogens with zero attached hydrogens (tertiary/aromatic N) is 2. The Kier molecular flexibility index (Phi) is 11.2. The van der Waals surface area contributed by atoms with E-state index in [1.165, 1.54) is 32.1 Å². The largest absolute Gasteiger partial charge is 0.469 e. The van der Waals surface area contributed by atoms with Crippen LogP contribution in [0.1, 0.15) is 44.3 Å². The Morgan fingerprint density at radius 3 is 2.74 bits per heavy atom. The topological polar surface area (TPSA) is 62.0 Å². The molecule has 0 spiro atoms. The zero-order chi connectivity index (χ0) is 17.9. The van der Waals surface area contributed by atoms with Crippen LogP contribution in [0.25, 0.3) is 0 Å². The molecule has 3 rings (SSSR count). The number of morpholine rings is 1. The fraction of sp³-hybridized carbons (Fsp3) is 0.750. The molecule has 1 saturated carbocycles. The number of rotatable bonds is 8. The average Bonchev–Trinajstić information content (AvgIpc) is 3.20. The van der Waals surface area contributed by atoms with E-state index in [9.17, 15) is 0 Å². The Balaban J connectivity index is 0.00000261. The molecule has 154 valence electrons. The lowest BCUT2D eigenvalue weighted by atomic mass is 9.96. The van der Waals surface area contributed by atoms with Crippen LogP contribution in [0.5, 0.6) is 0 Å². The number of guanidine groups is 1. The lowest BCUT2D eigenvalue weighted by molar-refractivity contribution is 0.0377. The average molecular weight is 490 g/mol. The van der Waals surface area contributed by atoms with E-state index in [2.05, 4.69) is 15.5 Å². The standard InChI is InChI=1S/C20H34N4O2.HI/c1-2-6-18(7-3-1)23-20(22-11-9-19-8-4-15-26-19)21-10-5-12-24-13-16-25-17-14-24;/h4,8,15,18H,1-3,5-7,9-14,16-17H2,(H2,21,22,23);1H. The Hall–Kier alpha value is -0.800. The van der Waals surface area contributed by atoms with Crippen molar-refractivity contribution in [3.63, 3.8) is 0 Å². The van der Waals surface area contributed by atoms with Crippen LogP contribution in [0, 0.1) is 0 Å². The van der Waals surface area contributed by atoms with Crippen molar-refractivity contribution in [2.24, 2.45) is 4.99 Å². The molecule has 6 nitrogen and oxygen atoms in total. The van der Waals surface area contributed by atoms with Gasteiger partial charge in [-0.3, -0.25) is 9.89 Å². The molecule has 1 saturated heterocycles. The molecule has 2 heterocycles. The first kappa shape index (κ1) is 22.5. The highest BCUT2D eigenvalue weighted by atomic mass is 127. The van der Waals surface area contributed by atoms with Crippen molar-refractivity contribution in [3.05, 3.63) is 24.2 Å². The summed E-state index contributed by atoms with van der Waals surface area (Å²) >= 11 is 0. The summed E-state index contributed by atoms with van der Waals surface area (Å²) < 4.78 is 10.8. The van der Waals surface area contributed by atoms with Crippen molar-refractivity contribution < 1.29 is 9.15 Å². The number of hydrogen-bond acceptors (Lipinski definition) is 4. The van der Waals surface area contributed by atoms with Gasteiger partial charge in [0, 0.05) is 45.2 Å². The number of halogens is 1. The Bertz CT molecular complexity index is 512. The lowest BCUT2D eigenvalue weighted by Crippen LogP contribution is -2.45. The first-order chi connectivity index (χ1) is 12.9. The second-order valence-corrected chi connectivity index (χ2v) is 7.27. The second-order valence-electron chi connectivity index (χ2n) is 7.27. The molecule has 2 fully saturated rings. The highest BCUT2D eigenvalue weighted by Gasteiger charge is 2.15. The van der Waals surface area contributed by atoms with Gasteiger partial charge in [0.15, 0.2) is 5.96 Å². The molecule has 1 aromatic heterocycles. The third kappa shape index (κ3) is 8.83. The van der Waals surface area contributed by atoms with Gasteiger partial charge in [-0.05, 0) is 31.4 Å². The van der Waals surface area contributed by atoms with Gasteiger partial charge < -0.3 is 19.8 Å². The van der Waals surface area contributed by atoms with Gasteiger partial charge >= 0.3 is 0 Å². The van der Waals surface area contributed by atoms with E-state index >= 15 is 0 Å². The van der Waals surface area contributed by atoms with E-state index in [4.69, 9.17) is 14.1 Å². The van der Waals surface area contributed by atoms with Gasteiger partial charge in [0.2, 0.25) is 0 Å². The molecule has 7 heteroatoms. The van der Waals surface area contributed by atoms with Crippen LogP contribution in [0.2, 0.25) is 0 Å². The molecule has 0 bridgehead atoms. The minimum Gasteiger partial charge on any atom is -0.469 e. The first-order valence-electron chi connectivity index (χ1n) is 10.3. The highest BCUT2D eigenvalue weighted by molar-refractivity contribution is 14.0. The zero-order valence-electron chi connectivity index (χ0n) is 16.3. The number of nitrogens with one attached hydrogen (secondary N) is 2. The Labute approximate surface area is 180 Å². The van der Waals surface area contributed by atoms with Crippen LogP contribution in [0.3, 0.4) is 0 Å². The van der Waals surface area contributed by atoms with E-state index in [1.807, 2.05) is 12.1 Å². The molecule has 0 aromatic carbocycles. The molecule has 0 amide bonds. The molecular weight excluding hydrogens is 455 g/mol. The quantitative estimate of drug-likeness (QED) is 0.254. The number of aliphatic imine (C=N–C) groups is 1. The van der Waals surface area contributed by atoms with Gasteiger partial charge in [0.1, 0.15) is 5.76 Å². The first-order valence-corrected chi connectivity index (χ1v) is 10.3. The third-order valence-corrected chi connectivity index (χ3v) is 5.20. The minimum absolute atomic E-state index is 0. The molecule has 1 aliphatic carbocycles. The highest BCUT2D eigenvalue weighted by Crippen LogP contribution is 2.17. The summed E-state index contributed by atoms with van der Waals surface area (Å²) in [6.07, 6.45) is 10.2. The molecule has 1 aromatic rings. The number of furan rings is 1. The van der Waals surface area contributed by atoms with Gasteiger partial charge in [-0.15, -0.1) is 24.0 Å². The van der Waals surface area contributed by atoms with Gasteiger partial charge in [-0.2, -0.15) is 0 Å². The molecule has 2 N–H and O–H groups in total. The molecular formula is C20H35IN4O2. The maximum atomic E-state index is 5.41. The van der Waals surface area contributed by atoms with Crippen LogP contribution >= 0.6 is 24.0 Å². The third-order valence-electron chi connectivity index (χ3n) is 5.20. The second kappa shape index (κ2) is 13.4. The van der Waals surface area contributed by atoms with E-state index < -0.39 is 0 Å². The van der Waals surface area contributed by atoms with E-state index in [0.717, 1.165) is 70.5 Å². The fourth-order valence-electron chi connectivity index (χ4n) is 3.66. The van der Waals surface area contributed by atoms with Crippen molar-refractivity contribution >= 4 is 29.9 Å². The number of hydrogen-bond donors (Lipinski definition) is 2. The van der Waals surface area contributed by atoms with Crippen molar-refractivity contribution in [2.75, 3.05) is 45.9 Å². The predicted octanol–water partition coefficient (Wildman–Crippen LogP) is 3.03. The van der Waals surface area contributed by atoms with E-state index in [0.29, 0.717) is 6.04 Å². The molecule has 1 aliphatic heterocycles. The molecule has 0 unspecified atom stereocenters. The summed E-state index contributed by atoms with van der Waals surface area (Å²) in [4.78, 5) is 7.30. The summed E-state index contributed by atoms with van der Waals surface area (Å²) in [6.45, 7) is 6.65. The monoisotopic (exact) mass is 490 g/mol. The van der Waals surface area contributed by atoms with Crippen LogP contribution in [0.4, 0.5) is 0 Å². The normalized spacial score (nSPS) is 19.5. The Morgan fingerprint density at radius 2 is 2.00 bits per heavy atom. The van der Waals surface area contributed by atoms with E-state index in [1.54, 1.807) is 6.26 Å². The summed E-state index contributed by atoms with van der Waals surface area (Å²) in [6, 6.07) is 4.53. The van der Waals surface area contributed by atoms with Crippen molar-refractivity contribution in [2.45, 2.75) is 51.0 Å². The van der Waals surface area contributed by atoms with Gasteiger partial charge in [0.05, 0.1) is 19.5 Å². The van der Waals surface area contributed by atoms with Gasteiger partial charge in [-0.25, -0.2) is 0 Å². The van der Waals surface area contributed by atoms with Gasteiger partial charge in [0.25, 0.3) is 0 Å². The van der Waals surface area contributed by atoms with Crippen LogP contribution in [-0.4, -0.2) is 62.8 Å². The SMILES string of the molecule is I.c1coc(CCNC(=NCCCN2CCOCC2)NC2CCCCC2)c1. The molecule has 2 aliphatic rings. The van der Waals surface area contributed by atoms with Gasteiger partial charge in [-0.1, -0.05) is 19.3 Å². The van der Waals surface area contributed by atoms with Crippen molar-refractivity contribution in [3.8, 4) is 0 Å². The molecule has 27 heavy (non-hydrogen) atoms. The van der Waals surface area contributed by atoms with Crippen molar-refractivity contribution in [1.82, 2.24) is 15.5 Å². The summed E-state index contributed by atoms with van der Waals surface area (Å²) in [5, 5.41) is 7.14. The lowest BCUT2D eigenvalue weighted by Gasteiger charge is -2.26. The zero-order valence-corrected chi connectivity index (χ0v) is 18.7. The Morgan fingerprint density at radius 1 is 1.19 bits per heavy atom. The predicted molar refractivity (Wildman–Crippen MR) is 120 cm³/mol. The maximum Gasteiger partial charge on any atom is 0.191 e. The molecule has 0 atom stereocenters.